The Balaban J connectivity index is 1.11. The van der Waals surface area contributed by atoms with Gasteiger partial charge in [0.25, 0.3) is 0 Å². The zero-order chi connectivity index (χ0) is 30.4. The van der Waals surface area contributed by atoms with Crippen LogP contribution in [0, 0.1) is 0 Å². The van der Waals surface area contributed by atoms with Gasteiger partial charge in [0.15, 0.2) is 5.78 Å². The van der Waals surface area contributed by atoms with Crippen LogP contribution in [0.2, 0.25) is 0 Å². The molecule has 2 aromatic rings. The average molecular weight is 595 g/mol. The van der Waals surface area contributed by atoms with Gasteiger partial charge in [-0.1, -0.05) is 6.92 Å². The summed E-state index contributed by atoms with van der Waals surface area (Å²) < 4.78 is 15.6. The quantitative estimate of drug-likeness (QED) is 0.174. The van der Waals surface area contributed by atoms with Gasteiger partial charge in [0.1, 0.15) is 13.2 Å². The van der Waals surface area contributed by atoms with E-state index < -0.39 is 0 Å². The second kappa shape index (κ2) is 17.0. The maximum atomic E-state index is 13.1. The first-order valence-electron chi connectivity index (χ1n) is 15.5. The van der Waals surface area contributed by atoms with E-state index in [2.05, 4.69) is 38.8 Å². The number of piperazine rings is 2. The first kappa shape index (κ1) is 32.4. The third-order valence-electron chi connectivity index (χ3n) is 7.93. The molecule has 2 heterocycles. The van der Waals surface area contributed by atoms with Crippen LogP contribution in [0.3, 0.4) is 0 Å². The molecule has 2 saturated heterocycles. The van der Waals surface area contributed by atoms with Crippen LogP contribution in [0.4, 0.5) is 11.4 Å². The summed E-state index contributed by atoms with van der Waals surface area (Å²) in [6, 6.07) is 15.9. The Labute approximate surface area is 255 Å². The van der Waals surface area contributed by atoms with Crippen molar-refractivity contribution in [2.45, 2.75) is 26.2 Å². The van der Waals surface area contributed by atoms with E-state index in [4.69, 9.17) is 14.2 Å². The molecule has 0 radical (unpaired) electrons. The second-order valence-corrected chi connectivity index (χ2v) is 11.1. The van der Waals surface area contributed by atoms with E-state index in [1.165, 1.54) is 5.69 Å². The lowest BCUT2D eigenvalue weighted by Gasteiger charge is -2.36. The molecule has 10 heteroatoms. The van der Waals surface area contributed by atoms with Crippen molar-refractivity contribution < 1.29 is 28.6 Å². The van der Waals surface area contributed by atoms with Crippen molar-refractivity contribution in [3.05, 3.63) is 59.7 Å². The van der Waals surface area contributed by atoms with Crippen LogP contribution in [0.5, 0.6) is 0 Å². The number of benzene rings is 2. The largest absolute Gasteiger partial charge is 0.463 e. The van der Waals surface area contributed by atoms with E-state index in [-0.39, 0.29) is 37.5 Å². The van der Waals surface area contributed by atoms with Gasteiger partial charge in [0, 0.05) is 87.8 Å². The molecule has 0 aromatic heterocycles. The van der Waals surface area contributed by atoms with Gasteiger partial charge in [-0.3, -0.25) is 19.3 Å². The van der Waals surface area contributed by atoms with Crippen LogP contribution in [-0.4, -0.2) is 120 Å². The number of carbonyl (C=O) groups excluding carboxylic acids is 3. The van der Waals surface area contributed by atoms with Crippen molar-refractivity contribution in [3.8, 4) is 0 Å². The molecule has 0 bridgehead atoms. The summed E-state index contributed by atoms with van der Waals surface area (Å²) >= 11 is 0. The zero-order valence-electron chi connectivity index (χ0n) is 25.7. The van der Waals surface area contributed by atoms with Crippen molar-refractivity contribution in [2.75, 3.05) is 102 Å². The molecular weight excluding hydrogens is 548 g/mol. The number of rotatable bonds is 15. The number of ether oxygens (including phenoxy) is 3. The molecule has 0 N–H and O–H groups in total. The Kier molecular flexibility index (Phi) is 12.8. The van der Waals surface area contributed by atoms with E-state index >= 15 is 0 Å². The Bertz CT molecular complexity index is 1160. The second-order valence-electron chi connectivity index (χ2n) is 11.1. The van der Waals surface area contributed by atoms with Gasteiger partial charge in [0.2, 0.25) is 0 Å². The monoisotopic (exact) mass is 594 g/mol. The summed E-state index contributed by atoms with van der Waals surface area (Å²) in [7, 11) is 2.15. The fourth-order valence-electron chi connectivity index (χ4n) is 5.24. The molecule has 0 unspecified atom stereocenters. The predicted molar refractivity (Wildman–Crippen MR) is 167 cm³/mol. The SMILES string of the molecule is CCCC(=O)OCCOCCOC(=O)CCN1CCN(c2ccc(C(=O)c3ccc(N4CCN(C)CC4)cc3)cc2)CC1. The third kappa shape index (κ3) is 10.3. The first-order chi connectivity index (χ1) is 20.9. The maximum absolute atomic E-state index is 13.1. The number of nitrogens with zero attached hydrogens (tertiary/aromatic N) is 4. The summed E-state index contributed by atoms with van der Waals surface area (Å²) in [5.74, 6) is -0.427. The van der Waals surface area contributed by atoms with E-state index in [0.29, 0.717) is 37.1 Å². The lowest BCUT2D eigenvalue weighted by atomic mass is 10.0. The number of carbonyl (C=O) groups is 3. The standard InChI is InChI=1S/C33H46N4O6/c1-3-4-31(38)42-25-23-41-24-26-43-32(39)13-14-35-17-21-37(22-18-35)30-11-7-28(8-12-30)33(40)27-5-9-29(10-6-27)36-19-15-34(2)16-20-36/h5-12H,3-4,13-26H2,1-2H3. The summed E-state index contributed by atoms with van der Waals surface area (Å²) in [4.78, 5) is 45.7. The summed E-state index contributed by atoms with van der Waals surface area (Å²) in [5, 5.41) is 0. The zero-order valence-corrected chi connectivity index (χ0v) is 25.7. The lowest BCUT2D eigenvalue weighted by Crippen LogP contribution is -2.47. The molecular formula is C33H46N4O6. The molecule has 0 aliphatic carbocycles. The molecule has 10 nitrogen and oxygen atoms in total. The molecule has 4 rings (SSSR count). The maximum Gasteiger partial charge on any atom is 0.307 e. The molecule has 2 aliphatic heterocycles. The summed E-state index contributed by atoms with van der Waals surface area (Å²) in [6.45, 7) is 11.1. The number of anilines is 2. The number of likely N-dealkylation sites (N-methyl/N-ethyl adjacent to an activating group) is 1. The summed E-state index contributed by atoms with van der Waals surface area (Å²) in [6.07, 6.45) is 1.51. The molecule has 0 atom stereocenters. The average Bonchev–Trinajstić information content (AvgIpc) is 3.04. The van der Waals surface area contributed by atoms with Gasteiger partial charge in [0.05, 0.1) is 19.6 Å². The van der Waals surface area contributed by atoms with Crippen molar-refractivity contribution in [2.24, 2.45) is 0 Å². The minimum Gasteiger partial charge on any atom is -0.463 e. The highest BCUT2D eigenvalue weighted by Gasteiger charge is 2.19. The predicted octanol–water partition coefficient (Wildman–Crippen LogP) is 3.08. The van der Waals surface area contributed by atoms with Gasteiger partial charge in [-0.25, -0.2) is 0 Å². The number of esters is 2. The Morgan fingerprint density at radius 2 is 1.09 bits per heavy atom. The lowest BCUT2D eigenvalue weighted by molar-refractivity contribution is -0.146. The van der Waals surface area contributed by atoms with E-state index in [0.717, 1.165) is 64.5 Å². The van der Waals surface area contributed by atoms with Gasteiger partial charge in [-0.15, -0.1) is 0 Å². The normalized spacial score (nSPS) is 16.2. The molecule has 0 amide bonds. The highest BCUT2D eigenvalue weighted by atomic mass is 16.6. The van der Waals surface area contributed by atoms with Crippen LogP contribution >= 0.6 is 0 Å². The van der Waals surface area contributed by atoms with Crippen LogP contribution in [-0.2, 0) is 23.8 Å². The number of hydrogen-bond donors (Lipinski definition) is 0. The van der Waals surface area contributed by atoms with Crippen molar-refractivity contribution in [1.29, 1.82) is 0 Å². The van der Waals surface area contributed by atoms with Gasteiger partial charge < -0.3 is 28.9 Å². The van der Waals surface area contributed by atoms with Crippen LogP contribution < -0.4 is 9.80 Å². The molecule has 2 aromatic carbocycles. The van der Waals surface area contributed by atoms with Crippen LogP contribution in [0.15, 0.2) is 48.5 Å². The van der Waals surface area contributed by atoms with Crippen molar-refractivity contribution in [1.82, 2.24) is 9.80 Å². The topological polar surface area (TPSA) is 91.9 Å². The van der Waals surface area contributed by atoms with Gasteiger partial charge in [-0.05, 0) is 62.0 Å². The summed E-state index contributed by atoms with van der Waals surface area (Å²) in [5.41, 5.74) is 3.66. The first-order valence-corrected chi connectivity index (χ1v) is 15.5. The minimum absolute atomic E-state index is 0.0349. The van der Waals surface area contributed by atoms with Gasteiger partial charge in [-0.2, -0.15) is 0 Å². The Hall–Kier alpha value is -3.47. The highest BCUT2D eigenvalue weighted by Crippen LogP contribution is 2.22. The van der Waals surface area contributed by atoms with E-state index in [1.807, 2.05) is 43.3 Å². The third-order valence-corrected chi connectivity index (χ3v) is 7.93. The molecule has 0 spiro atoms. The molecule has 234 valence electrons. The highest BCUT2D eigenvalue weighted by molar-refractivity contribution is 6.09. The molecule has 43 heavy (non-hydrogen) atoms. The Morgan fingerprint density at radius 1 is 0.628 bits per heavy atom. The minimum atomic E-state index is -0.241. The molecule has 2 fully saturated rings. The van der Waals surface area contributed by atoms with E-state index in [9.17, 15) is 14.4 Å². The molecule has 0 saturated carbocycles. The van der Waals surface area contributed by atoms with Gasteiger partial charge >= 0.3 is 11.9 Å². The van der Waals surface area contributed by atoms with Crippen LogP contribution in [0.25, 0.3) is 0 Å². The van der Waals surface area contributed by atoms with E-state index in [1.54, 1.807) is 0 Å². The fraction of sp³-hybridized carbons (Fsp3) is 0.545. The smallest absolute Gasteiger partial charge is 0.307 e. The van der Waals surface area contributed by atoms with Crippen molar-refractivity contribution in [3.63, 3.8) is 0 Å². The number of ketones is 1. The number of hydrogen-bond acceptors (Lipinski definition) is 10. The van der Waals surface area contributed by atoms with Crippen LogP contribution in [0.1, 0.15) is 42.1 Å². The molecule has 2 aliphatic rings. The Morgan fingerprint density at radius 3 is 1.58 bits per heavy atom. The van der Waals surface area contributed by atoms with Crippen molar-refractivity contribution >= 4 is 29.1 Å². The fourth-order valence-corrected chi connectivity index (χ4v) is 5.24.